The second-order valence-corrected chi connectivity index (χ2v) is 5.27. The van der Waals surface area contributed by atoms with E-state index in [4.69, 9.17) is 0 Å². The lowest BCUT2D eigenvalue weighted by atomic mass is 9.82. The highest BCUT2D eigenvalue weighted by molar-refractivity contribution is 4.85. The molecule has 1 saturated heterocycles. The Kier molecular flexibility index (Phi) is 4.45. The fourth-order valence-corrected chi connectivity index (χ4v) is 3.21. The average Bonchev–Trinajstić information content (AvgIpc) is 2.31. The normalized spacial score (nSPS) is 37.8. The molecule has 3 unspecified atom stereocenters. The molecule has 1 aliphatic heterocycles. The minimum atomic E-state index is 0.746. The van der Waals surface area contributed by atoms with Crippen LogP contribution in [0.1, 0.15) is 51.9 Å². The molecule has 0 aromatic heterocycles. The van der Waals surface area contributed by atoms with Crippen molar-refractivity contribution in [1.29, 1.82) is 0 Å². The SMILES string of the molecule is CCC1CCCCC1NC1CCCNC1. The van der Waals surface area contributed by atoms with E-state index in [-0.39, 0.29) is 0 Å². The number of hydrogen-bond donors (Lipinski definition) is 2. The Morgan fingerprint density at radius 1 is 1.13 bits per heavy atom. The third kappa shape index (κ3) is 3.18. The number of nitrogens with one attached hydrogen (secondary N) is 2. The molecule has 2 nitrogen and oxygen atoms in total. The maximum atomic E-state index is 3.90. The Morgan fingerprint density at radius 2 is 2.00 bits per heavy atom. The van der Waals surface area contributed by atoms with Gasteiger partial charge in [0.15, 0.2) is 0 Å². The van der Waals surface area contributed by atoms with Gasteiger partial charge in [0.2, 0.25) is 0 Å². The highest BCUT2D eigenvalue weighted by atomic mass is 15.0. The molecule has 0 spiro atoms. The highest BCUT2D eigenvalue weighted by Crippen LogP contribution is 2.27. The zero-order valence-corrected chi connectivity index (χ0v) is 10.1. The fraction of sp³-hybridized carbons (Fsp3) is 1.00. The molecule has 2 N–H and O–H groups in total. The molecular formula is C13H26N2. The van der Waals surface area contributed by atoms with E-state index >= 15 is 0 Å². The largest absolute Gasteiger partial charge is 0.315 e. The molecular weight excluding hydrogens is 184 g/mol. The summed E-state index contributed by atoms with van der Waals surface area (Å²) in [4.78, 5) is 0. The zero-order valence-electron chi connectivity index (χ0n) is 10.1. The van der Waals surface area contributed by atoms with Crippen LogP contribution in [0.2, 0.25) is 0 Å². The summed E-state index contributed by atoms with van der Waals surface area (Å²) in [5.41, 5.74) is 0. The summed E-state index contributed by atoms with van der Waals surface area (Å²) in [5.74, 6) is 0.945. The molecule has 0 aromatic rings. The van der Waals surface area contributed by atoms with Crippen LogP contribution < -0.4 is 10.6 Å². The molecule has 2 aliphatic rings. The van der Waals surface area contributed by atoms with E-state index in [1.165, 1.54) is 58.0 Å². The number of piperidine rings is 1. The number of rotatable bonds is 3. The van der Waals surface area contributed by atoms with Crippen molar-refractivity contribution >= 4 is 0 Å². The first kappa shape index (κ1) is 11.4. The lowest BCUT2D eigenvalue weighted by Gasteiger charge is -2.36. The second kappa shape index (κ2) is 5.86. The fourth-order valence-electron chi connectivity index (χ4n) is 3.21. The smallest absolute Gasteiger partial charge is 0.0195 e. The van der Waals surface area contributed by atoms with Crippen molar-refractivity contribution in [2.75, 3.05) is 13.1 Å². The highest BCUT2D eigenvalue weighted by Gasteiger charge is 2.26. The molecule has 15 heavy (non-hydrogen) atoms. The molecule has 1 aliphatic carbocycles. The minimum absolute atomic E-state index is 0.746. The van der Waals surface area contributed by atoms with Gasteiger partial charge in [-0.2, -0.15) is 0 Å². The van der Waals surface area contributed by atoms with Gasteiger partial charge in [-0.15, -0.1) is 0 Å². The molecule has 3 atom stereocenters. The molecule has 0 amide bonds. The molecule has 2 heteroatoms. The molecule has 1 heterocycles. The van der Waals surface area contributed by atoms with Crippen LogP contribution in [0, 0.1) is 5.92 Å². The van der Waals surface area contributed by atoms with E-state index in [1.54, 1.807) is 0 Å². The van der Waals surface area contributed by atoms with Gasteiger partial charge in [-0.05, 0) is 38.1 Å². The van der Waals surface area contributed by atoms with Gasteiger partial charge in [-0.1, -0.05) is 26.2 Å². The van der Waals surface area contributed by atoms with E-state index in [9.17, 15) is 0 Å². The zero-order chi connectivity index (χ0) is 10.5. The monoisotopic (exact) mass is 210 g/mol. The van der Waals surface area contributed by atoms with Crippen LogP contribution in [0.25, 0.3) is 0 Å². The van der Waals surface area contributed by atoms with Crippen LogP contribution in [0.5, 0.6) is 0 Å². The molecule has 2 rings (SSSR count). The van der Waals surface area contributed by atoms with Crippen LogP contribution >= 0.6 is 0 Å². The summed E-state index contributed by atoms with van der Waals surface area (Å²) in [7, 11) is 0. The van der Waals surface area contributed by atoms with Gasteiger partial charge in [-0.25, -0.2) is 0 Å². The van der Waals surface area contributed by atoms with Gasteiger partial charge in [0.05, 0.1) is 0 Å². The lowest BCUT2D eigenvalue weighted by Crippen LogP contribution is -2.50. The van der Waals surface area contributed by atoms with Crippen molar-refractivity contribution in [2.24, 2.45) is 5.92 Å². The second-order valence-electron chi connectivity index (χ2n) is 5.27. The Balaban J connectivity index is 1.79. The summed E-state index contributed by atoms with van der Waals surface area (Å²) in [5, 5.41) is 7.39. The van der Waals surface area contributed by atoms with Crippen LogP contribution in [0.15, 0.2) is 0 Å². The molecule has 0 radical (unpaired) electrons. The molecule has 0 bridgehead atoms. The molecule has 88 valence electrons. The summed E-state index contributed by atoms with van der Waals surface area (Å²) in [6.07, 6.45) is 9.84. The first-order valence-corrected chi connectivity index (χ1v) is 6.87. The van der Waals surface area contributed by atoms with Crippen molar-refractivity contribution in [2.45, 2.75) is 64.0 Å². The maximum Gasteiger partial charge on any atom is 0.0195 e. The van der Waals surface area contributed by atoms with Crippen LogP contribution in [-0.4, -0.2) is 25.2 Å². The quantitative estimate of drug-likeness (QED) is 0.747. The number of hydrogen-bond acceptors (Lipinski definition) is 2. The predicted molar refractivity (Wildman–Crippen MR) is 65.1 cm³/mol. The van der Waals surface area contributed by atoms with Gasteiger partial charge in [0.25, 0.3) is 0 Å². The van der Waals surface area contributed by atoms with Crippen LogP contribution in [0.4, 0.5) is 0 Å². The van der Waals surface area contributed by atoms with Gasteiger partial charge >= 0.3 is 0 Å². The Morgan fingerprint density at radius 3 is 2.73 bits per heavy atom. The third-order valence-electron chi connectivity index (χ3n) is 4.18. The summed E-state index contributed by atoms with van der Waals surface area (Å²) in [6, 6.07) is 1.56. The predicted octanol–water partition coefficient (Wildman–Crippen LogP) is 2.30. The van der Waals surface area contributed by atoms with Gasteiger partial charge in [0, 0.05) is 18.6 Å². The van der Waals surface area contributed by atoms with Crippen molar-refractivity contribution in [3.8, 4) is 0 Å². The summed E-state index contributed by atoms with van der Waals surface area (Å²) >= 11 is 0. The van der Waals surface area contributed by atoms with Crippen molar-refractivity contribution < 1.29 is 0 Å². The van der Waals surface area contributed by atoms with Crippen LogP contribution in [0.3, 0.4) is 0 Å². The van der Waals surface area contributed by atoms with Crippen LogP contribution in [-0.2, 0) is 0 Å². The molecule has 2 fully saturated rings. The average molecular weight is 210 g/mol. The lowest BCUT2D eigenvalue weighted by molar-refractivity contribution is 0.222. The van der Waals surface area contributed by atoms with E-state index in [2.05, 4.69) is 17.6 Å². The third-order valence-corrected chi connectivity index (χ3v) is 4.18. The van der Waals surface area contributed by atoms with Gasteiger partial charge in [-0.3, -0.25) is 0 Å². The Labute approximate surface area is 94.2 Å². The van der Waals surface area contributed by atoms with Crippen molar-refractivity contribution in [3.05, 3.63) is 0 Å². The summed E-state index contributed by atoms with van der Waals surface area (Å²) in [6.45, 7) is 4.76. The van der Waals surface area contributed by atoms with E-state index in [1.807, 2.05) is 0 Å². The first-order chi connectivity index (χ1) is 7.40. The van der Waals surface area contributed by atoms with E-state index in [0.29, 0.717) is 0 Å². The summed E-state index contributed by atoms with van der Waals surface area (Å²) < 4.78 is 0. The van der Waals surface area contributed by atoms with E-state index in [0.717, 1.165) is 18.0 Å². The topological polar surface area (TPSA) is 24.1 Å². The Hall–Kier alpha value is -0.0800. The van der Waals surface area contributed by atoms with E-state index < -0.39 is 0 Å². The van der Waals surface area contributed by atoms with Gasteiger partial charge < -0.3 is 10.6 Å². The standard InChI is InChI=1S/C13H26N2/c1-2-11-6-3-4-8-13(11)15-12-7-5-9-14-10-12/h11-15H,2-10H2,1H3. The van der Waals surface area contributed by atoms with Crippen molar-refractivity contribution in [1.82, 2.24) is 10.6 Å². The minimum Gasteiger partial charge on any atom is -0.315 e. The molecule has 0 aromatic carbocycles. The maximum absolute atomic E-state index is 3.90. The Bertz CT molecular complexity index is 175. The van der Waals surface area contributed by atoms with Crippen molar-refractivity contribution in [3.63, 3.8) is 0 Å². The van der Waals surface area contributed by atoms with Gasteiger partial charge in [0.1, 0.15) is 0 Å². The molecule has 1 saturated carbocycles. The first-order valence-electron chi connectivity index (χ1n) is 6.87.